The Morgan fingerprint density at radius 3 is 2.54 bits per heavy atom. The van der Waals surface area contributed by atoms with Crippen LogP contribution in [0.4, 0.5) is 0 Å². The molecule has 0 unspecified atom stereocenters. The zero-order chi connectivity index (χ0) is 17.4. The molecule has 0 bridgehead atoms. The molecule has 3 aromatic rings. The average molecular weight is 371 g/mol. The first-order valence-corrected chi connectivity index (χ1v) is 8.55. The van der Waals surface area contributed by atoms with E-state index in [-0.39, 0.29) is 12.4 Å². The summed E-state index contributed by atoms with van der Waals surface area (Å²) in [5, 5.41) is 4.54. The van der Waals surface area contributed by atoms with Gasteiger partial charge in [0, 0.05) is 24.2 Å². The lowest BCUT2D eigenvalue weighted by molar-refractivity contribution is 0.356. The SMILES string of the molecule is COc1cc2ncc(C)c(-c3ccc4c(c3)CNCC4)c2cc1OC.Cl. The van der Waals surface area contributed by atoms with Gasteiger partial charge in [-0.2, -0.15) is 0 Å². The van der Waals surface area contributed by atoms with Gasteiger partial charge in [0.15, 0.2) is 11.5 Å². The number of methoxy groups -OCH3 is 2. The van der Waals surface area contributed by atoms with Crippen molar-refractivity contribution in [2.45, 2.75) is 19.9 Å². The van der Waals surface area contributed by atoms with E-state index in [0.29, 0.717) is 5.75 Å². The monoisotopic (exact) mass is 370 g/mol. The number of pyridine rings is 1. The summed E-state index contributed by atoms with van der Waals surface area (Å²) in [5.74, 6) is 1.43. The lowest BCUT2D eigenvalue weighted by Crippen LogP contribution is -2.23. The molecule has 1 aliphatic heterocycles. The first-order valence-electron chi connectivity index (χ1n) is 8.55. The van der Waals surface area contributed by atoms with Crippen LogP contribution >= 0.6 is 12.4 Å². The highest BCUT2D eigenvalue weighted by Gasteiger charge is 2.15. The lowest BCUT2D eigenvalue weighted by Gasteiger charge is -2.19. The Morgan fingerprint density at radius 2 is 1.77 bits per heavy atom. The second kappa shape index (κ2) is 7.52. The second-order valence-electron chi connectivity index (χ2n) is 6.45. The normalized spacial score (nSPS) is 13.0. The minimum absolute atomic E-state index is 0. The maximum absolute atomic E-state index is 5.50. The summed E-state index contributed by atoms with van der Waals surface area (Å²) in [4.78, 5) is 4.59. The van der Waals surface area contributed by atoms with Crippen LogP contribution in [0.25, 0.3) is 22.0 Å². The quantitative estimate of drug-likeness (QED) is 0.746. The molecule has 1 aromatic heterocycles. The van der Waals surface area contributed by atoms with E-state index in [0.717, 1.165) is 41.7 Å². The molecular formula is C21H23ClN2O2. The maximum Gasteiger partial charge on any atom is 0.162 e. The van der Waals surface area contributed by atoms with E-state index in [9.17, 15) is 0 Å². The fourth-order valence-corrected chi connectivity index (χ4v) is 3.64. The molecule has 4 nitrogen and oxygen atoms in total. The molecule has 0 aliphatic carbocycles. The number of nitrogens with zero attached hydrogens (tertiary/aromatic N) is 1. The van der Waals surface area contributed by atoms with Gasteiger partial charge in [-0.15, -0.1) is 12.4 Å². The van der Waals surface area contributed by atoms with Crippen LogP contribution in [-0.4, -0.2) is 25.7 Å². The van der Waals surface area contributed by atoms with Gasteiger partial charge in [-0.3, -0.25) is 4.98 Å². The van der Waals surface area contributed by atoms with Crippen molar-refractivity contribution in [2.75, 3.05) is 20.8 Å². The number of rotatable bonds is 3. The Hall–Kier alpha value is -2.30. The summed E-state index contributed by atoms with van der Waals surface area (Å²) in [6, 6.07) is 10.8. The molecule has 0 radical (unpaired) electrons. The summed E-state index contributed by atoms with van der Waals surface area (Å²) < 4.78 is 10.9. The van der Waals surface area contributed by atoms with E-state index in [1.807, 2.05) is 18.3 Å². The average Bonchev–Trinajstić information content (AvgIpc) is 2.66. The standard InChI is InChI=1S/C21H22N2O2.ClH/c1-13-11-23-18-10-20(25-3)19(24-2)9-17(18)21(13)15-5-4-14-6-7-22-12-16(14)8-15;/h4-5,8-11,22H,6-7,12H2,1-3H3;1H. The van der Waals surface area contributed by atoms with Gasteiger partial charge < -0.3 is 14.8 Å². The molecule has 1 N–H and O–H groups in total. The Labute approximate surface area is 160 Å². The number of benzene rings is 2. The fraction of sp³-hybridized carbons (Fsp3) is 0.286. The molecule has 4 rings (SSSR count). The van der Waals surface area contributed by atoms with E-state index in [4.69, 9.17) is 9.47 Å². The Morgan fingerprint density at radius 1 is 1.00 bits per heavy atom. The van der Waals surface area contributed by atoms with Crippen molar-refractivity contribution < 1.29 is 9.47 Å². The number of fused-ring (bicyclic) bond motifs is 2. The number of hydrogen-bond acceptors (Lipinski definition) is 4. The summed E-state index contributed by atoms with van der Waals surface area (Å²) in [5.41, 5.74) is 7.32. The highest BCUT2D eigenvalue weighted by Crippen LogP contribution is 2.38. The summed E-state index contributed by atoms with van der Waals surface area (Å²) in [7, 11) is 3.31. The Balaban J connectivity index is 0.00000196. The van der Waals surface area contributed by atoms with E-state index in [2.05, 4.69) is 35.4 Å². The van der Waals surface area contributed by atoms with Gasteiger partial charge in [-0.25, -0.2) is 0 Å². The van der Waals surface area contributed by atoms with Crippen LogP contribution < -0.4 is 14.8 Å². The summed E-state index contributed by atoms with van der Waals surface area (Å²) in [6.07, 6.45) is 3.03. The van der Waals surface area contributed by atoms with Gasteiger partial charge in [-0.1, -0.05) is 12.1 Å². The third-order valence-electron chi connectivity index (χ3n) is 4.94. The highest BCUT2D eigenvalue weighted by atomic mass is 35.5. The van der Waals surface area contributed by atoms with Gasteiger partial charge in [0.2, 0.25) is 0 Å². The van der Waals surface area contributed by atoms with Crippen molar-refractivity contribution in [3.8, 4) is 22.6 Å². The molecule has 0 atom stereocenters. The van der Waals surface area contributed by atoms with Crippen molar-refractivity contribution in [1.82, 2.24) is 10.3 Å². The number of ether oxygens (including phenoxy) is 2. The molecule has 0 spiro atoms. The van der Waals surface area contributed by atoms with E-state index >= 15 is 0 Å². The van der Waals surface area contributed by atoms with Crippen LogP contribution in [-0.2, 0) is 13.0 Å². The molecule has 136 valence electrons. The van der Waals surface area contributed by atoms with Gasteiger partial charge in [0.25, 0.3) is 0 Å². The van der Waals surface area contributed by atoms with Crippen molar-refractivity contribution in [3.05, 3.63) is 53.2 Å². The maximum atomic E-state index is 5.50. The number of aryl methyl sites for hydroxylation is 1. The number of hydrogen-bond donors (Lipinski definition) is 1. The predicted molar refractivity (Wildman–Crippen MR) is 108 cm³/mol. The molecule has 2 heterocycles. The topological polar surface area (TPSA) is 43.4 Å². The van der Waals surface area contributed by atoms with E-state index in [1.54, 1.807) is 14.2 Å². The van der Waals surface area contributed by atoms with Gasteiger partial charge in [0.1, 0.15) is 0 Å². The largest absolute Gasteiger partial charge is 0.493 e. The number of halogens is 1. The molecule has 0 saturated heterocycles. The van der Waals surface area contributed by atoms with Crippen LogP contribution in [0.5, 0.6) is 11.5 Å². The molecule has 5 heteroatoms. The van der Waals surface area contributed by atoms with Gasteiger partial charge >= 0.3 is 0 Å². The molecule has 26 heavy (non-hydrogen) atoms. The van der Waals surface area contributed by atoms with Crippen LogP contribution in [0.1, 0.15) is 16.7 Å². The molecule has 2 aromatic carbocycles. The zero-order valence-electron chi connectivity index (χ0n) is 15.3. The van der Waals surface area contributed by atoms with E-state index < -0.39 is 0 Å². The van der Waals surface area contributed by atoms with E-state index in [1.165, 1.54) is 22.3 Å². The first kappa shape index (κ1) is 18.5. The number of nitrogens with one attached hydrogen (secondary N) is 1. The van der Waals surface area contributed by atoms with Crippen molar-refractivity contribution in [2.24, 2.45) is 0 Å². The van der Waals surface area contributed by atoms with Crippen molar-refractivity contribution in [3.63, 3.8) is 0 Å². The molecule has 0 amide bonds. The molecule has 0 saturated carbocycles. The third kappa shape index (κ3) is 3.11. The Kier molecular flexibility index (Phi) is 5.35. The van der Waals surface area contributed by atoms with Crippen LogP contribution in [0.15, 0.2) is 36.5 Å². The highest BCUT2D eigenvalue weighted by molar-refractivity contribution is 5.98. The summed E-state index contributed by atoms with van der Waals surface area (Å²) >= 11 is 0. The molecule has 1 aliphatic rings. The fourth-order valence-electron chi connectivity index (χ4n) is 3.64. The van der Waals surface area contributed by atoms with Crippen LogP contribution in [0.3, 0.4) is 0 Å². The lowest BCUT2D eigenvalue weighted by atomic mass is 9.92. The Bertz CT molecular complexity index is 956. The second-order valence-corrected chi connectivity index (χ2v) is 6.45. The first-order chi connectivity index (χ1) is 12.2. The van der Waals surface area contributed by atoms with Crippen molar-refractivity contribution >= 4 is 23.3 Å². The smallest absolute Gasteiger partial charge is 0.162 e. The third-order valence-corrected chi connectivity index (χ3v) is 4.94. The molecule has 0 fully saturated rings. The van der Waals surface area contributed by atoms with Gasteiger partial charge in [0.05, 0.1) is 19.7 Å². The minimum atomic E-state index is 0. The summed E-state index contributed by atoms with van der Waals surface area (Å²) in [6.45, 7) is 4.10. The molecular weight excluding hydrogens is 348 g/mol. The predicted octanol–water partition coefficient (Wildman–Crippen LogP) is 4.29. The number of aromatic nitrogens is 1. The van der Waals surface area contributed by atoms with Crippen LogP contribution in [0, 0.1) is 6.92 Å². The van der Waals surface area contributed by atoms with Crippen molar-refractivity contribution in [1.29, 1.82) is 0 Å². The minimum Gasteiger partial charge on any atom is -0.493 e. The zero-order valence-corrected chi connectivity index (χ0v) is 16.1. The van der Waals surface area contributed by atoms with Crippen LogP contribution in [0.2, 0.25) is 0 Å². The van der Waals surface area contributed by atoms with Gasteiger partial charge in [-0.05, 0) is 59.8 Å².